The van der Waals surface area contributed by atoms with Gasteiger partial charge in [-0.1, -0.05) is 42.5 Å². The molecule has 0 N–H and O–H groups in total. The summed E-state index contributed by atoms with van der Waals surface area (Å²) in [6, 6.07) is 18.1. The Bertz CT molecular complexity index is 1000. The van der Waals surface area contributed by atoms with E-state index >= 15 is 0 Å². The summed E-state index contributed by atoms with van der Waals surface area (Å²) in [7, 11) is 1.84. The molecule has 4 rings (SSSR count). The van der Waals surface area contributed by atoms with Gasteiger partial charge in [0.25, 0.3) is 5.91 Å². The van der Waals surface area contributed by atoms with Crippen LogP contribution in [0.5, 0.6) is 5.75 Å². The van der Waals surface area contributed by atoms with Crippen LogP contribution in [0.2, 0.25) is 0 Å². The second-order valence-electron chi connectivity index (χ2n) is 7.23. The van der Waals surface area contributed by atoms with Gasteiger partial charge in [0.15, 0.2) is 0 Å². The lowest BCUT2D eigenvalue weighted by Gasteiger charge is -2.37. The Morgan fingerprint density at radius 1 is 1.21 bits per heavy atom. The molecule has 0 bridgehead atoms. The first-order valence-corrected chi connectivity index (χ1v) is 10.7. The van der Waals surface area contributed by atoms with Crippen molar-refractivity contribution in [2.24, 2.45) is 0 Å². The van der Waals surface area contributed by atoms with Gasteiger partial charge in [-0.05, 0) is 26.0 Å². The fourth-order valence-electron chi connectivity index (χ4n) is 3.63. The Morgan fingerprint density at radius 3 is 2.69 bits per heavy atom. The molecule has 1 aliphatic heterocycles. The lowest BCUT2D eigenvalue weighted by atomic mass is 10.2. The number of likely N-dealkylation sites (N-methyl/N-ethyl adjacent to an activating group) is 2. The molecule has 0 radical (unpaired) electrons. The lowest BCUT2D eigenvalue weighted by molar-refractivity contribution is 0.0713. The third kappa shape index (κ3) is 3.98. The highest BCUT2D eigenvalue weighted by atomic mass is 32.1. The van der Waals surface area contributed by atoms with Crippen LogP contribution >= 0.6 is 11.3 Å². The van der Waals surface area contributed by atoms with E-state index in [1.165, 1.54) is 11.3 Å². The highest BCUT2D eigenvalue weighted by Crippen LogP contribution is 2.33. The van der Waals surface area contributed by atoms with Crippen molar-refractivity contribution in [2.75, 3.05) is 31.6 Å². The number of ether oxygens (including phenoxy) is 1. The van der Waals surface area contributed by atoms with Crippen LogP contribution in [0.1, 0.15) is 22.3 Å². The van der Waals surface area contributed by atoms with Gasteiger partial charge in [0.2, 0.25) is 0 Å². The highest BCUT2D eigenvalue weighted by molar-refractivity contribution is 7.17. The van der Waals surface area contributed by atoms with Crippen molar-refractivity contribution in [1.82, 2.24) is 9.88 Å². The lowest BCUT2D eigenvalue weighted by Crippen LogP contribution is -2.46. The van der Waals surface area contributed by atoms with Crippen molar-refractivity contribution in [3.05, 3.63) is 65.2 Å². The number of para-hydroxylation sites is 2. The molecule has 6 heteroatoms. The van der Waals surface area contributed by atoms with E-state index in [0.717, 1.165) is 40.8 Å². The summed E-state index contributed by atoms with van der Waals surface area (Å²) in [6.07, 6.45) is -0.0689. The minimum Gasteiger partial charge on any atom is -0.485 e. The Balaban J connectivity index is 1.49. The zero-order valence-corrected chi connectivity index (χ0v) is 17.8. The van der Waals surface area contributed by atoms with E-state index in [9.17, 15) is 4.79 Å². The third-order valence-corrected chi connectivity index (χ3v) is 6.34. The van der Waals surface area contributed by atoms with Gasteiger partial charge in [-0.25, -0.2) is 4.98 Å². The number of rotatable bonds is 5. The van der Waals surface area contributed by atoms with Crippen LogP contribution in [0.4, 0.5) is 5.69 Å². The maximum atomic E-state index is 13.1. The molecule has 1 aliphatic rings. The number of amides is 1. The number of carbonyl (C=O) groups excluding carboxylic acids is 1. The number of hydrogen-bond donors (Lipinski definition) is 0. The van der Waals surface area contributed by atoms with Gasteiger partial charge in [-0.3, -0.25) is 4.79 Å². The summed E-state index contributed by atoms with van der Waals surface area (Å²) < 4.78 is 6.18. The van der Waals surface area contributed by atoms with Crippen LogP contribution in [-0.2, 0) is 0 Å². The molecule has 0 saturated heterocycles. The van der Waals surface area contributed by atoms with Crippen LogP contribution in [0, 0.1) is 6.92 Å². The Kier molecular flexibility index (Phi) is 5.53. The molecule has 0 fully saturated rings. The monoisotopic (exact) mass is 407 g/mol. The van der Waals surface area contributed by atoms with Crippen LogP contribution in [-0.4, -0.2) is 48.6 Å². The van der Waals surface area contributed by atoms with E-state index in [0.29, 0.717) is 11.4 Å². The van der Waals surface area contributed by atoms with Gasteiger partial charge in [0.05, 0.1) is 24.5 Å². The van der Waals surface area contributed by atoms with Gasteiger partial charge in [0.1, 0.15) is 21.7 Å². The zero-order valence-electron chi connectivity index (χ0n) is 17.0. The van der Waals surface area contributed by atoms with Crippen molar-refractivity contribution in [2.45, 2.75) is 20.0 Å². The van der Waals surface area contributed by atoms with Crippen LogP contribution in [0.15, 0.2) is 54.6 Å². The number of benzene rings is 2. The Morgan fingerprint density at radius 2 is 1.93 bits per heavy atom. The molecule has 1 amide bonds. The van der Waals surface area contributed by atoms with Crippen LogP contribution in [0.25, 0.3) is 10.6 Å². The summed E-state index contributed by atoms with van der Waals surface area (Å²) in [5.41, 5.74) is 2.93. The quantitative estimate of drug-likeness (QED) is 0.626. The minimum absolute atomic E-state index is 0.00677. The molecule has 2 aromatic carbocycles. The number of hydrogen-bond acceptors (Lipinski definition) is 5. The molecular formula is C23H25N3O2S. The number of nitrogens with zero attached hydrogens (tertiary/aromatic N) is 3. The molecular weight excluding hydrogens is 382 g/mol. The first-order valence-electron chi connectivity index (χ1n) is 9.85. The summed E-state index contributed by atoms with van der Waals surface area (Å²) >= 11 is 1.45. The van der Waals surface area contributed by atoms with Gasteiger partial charge >= 0.3 is 0 Å². The largest absolute Gasteiger partial charge is 0.485 e. The summed E-state index contributed by atoms with van der Waals surface area (Å²) in [4.78, 5) is 22.5. The van der Waals surface area contributed by atoms with E-state index in [2.05, 4.69) is 22.9 Å². The highest BCUT2D eigenvalue weighted by Gasteiger charge is 2.28. The van der Waals surface area contributed by atoms with Crippen molar-refractivity contribution < 1.29 is 9.53 Å². The van der Waals surface area contributed by atoms with Crippen molar-refractivity contribution >= 4 is 22.9 Å². The molecule has 0 saturated carbocycles. The van der Waals surface area contributed by atoms with E-state index in [1.54, 1.807) is 4.90 Å². The molecule has 0 aliphatic carbocycles. The average molecular weight is 408 g/mol. The molecule has 1 atom stereocenters. The second kappa shape index (κ2) is 8.25. The number of fused-ring (bicyclic) bond motifs is 1. The molecule has 0 spiro atoms. The number of thiazole rings is 1. The maximum Gasteiger partial charge on any atom is 0.265 e. The molecule has 3 aromatic rings. The second-order valence-corrected chi connectivity index (χ2v) is 8.23. The summed E-state index contributed by atoms with van der Waals surface area (Å²) in [6.45, 7) is 6.24. The average Bonchev–Trinajstić information content (AvgIpc) is 3.14. The molecule has 150 valence electrons. The SMILES string of the molecule is CCN1CC(CN(C)C(=O)c2sc(-c3ccccc3)nc2C)Oc2ccccc21. The predicted octanol–water partition coefficient (Wildman–Crippen LogP) is 4.48. The van der Waals surface area contributed by atoms with Crippen LogP contribution < -0.4 is 9.64 Å². The van der Waals surface area contributed by atoms with Gasteiger partial charge in [-0.2, -0.15) is 0 Å². The summed E-state index contributed by atoms with van der Waals surface area (Å²) in [5, 5.41) is 0.875. The molecule has 1 aromatic heterocycles. The van der Waals surface area contributed by atoms with Gasteiger partial charge in [0, 0.05) is 19.2 Å². The smallest absolute Gasteiger partial charge is 0.265 e. The fourth-order valence-corrected chi connectivity index (χ4v) is 4.70. The molecule has 2 heterocycles. The molecule has 5 nitrogen and oxygen atoms in total. The standard InChI is InChI=1S/C23H25N3O2S/c1-4-26-15-18(28-20-13-9-8-12-19(20)26)14-25(3)23(27)21-16(2)24-22(29-21)17-10-6-5-7-11-17/h5-13,18H,4,14-15H2,1-3H3. The minimum atomic E-state index is -0.0689. The Hall–Kier alpha value is -2.86. The third-order valence-electron chi connectivity index (χ3n) is 5.14. The number of aryl methyl sites for hydroxylation is 1. The maximum absolute atomic E-state index is 13.1. The fraction of sp³-hybridized carbons (Fsp3) is 0.304. The van der Waals surface area contributed by atoms with Gasteiger partial charge < -0.3 is 14.5 Å². The number of aromatic nitrogens is 1. The van der Waals surface area contributed by atoms with Crippen molar-refractivity contribution in [3.63, 3.8) is 0 Å². The Labute approximate surface area is 175 Å². The first-order chi connectivity index (χ1) is 14.1. The topological polar surface area (TPSA) is 45.7 Å². The number of carbonyl (C=O) groups is 1. The van der Waals surface area contributed by atoms with E-state index in [1.807, 2.05) is 62.5 Å². The van der Waals surface area contributed by atoms with Crippen molar-refractivity contribution in [1.29, 1.82) is 0 Å². The normalized spacial score (nSPS) is 15.6. The van der Waals surface area contributed by atoms with Crippen LogP contribution in [0.3, 0.4) is 0 Å². The van der Waals surface area contributed by atoms with E-state index in [-0.39, 0.29) is 12.0 Å². The predicted molar refractivity (Wildman–Crippen MR) is 118 cm³/mol. The van der Waals surface area contributed by atoms with E-state index in [4.69, 9.17) is 4.74 Å². The van der Waals surface area contributed by atoms with Gasteiger partial charge in [-0.15, -0.1) is 11.3 Å². The van der Waals surface area contributed by atoms with Crippen molar-refractivity contribution in [3.8, 4) is 16.3 Å². The summed E-state index contributed by atoms with van der Waals surface area (Å²) in [5.74, 6) is 0.875. The molecule has 1 unspecified atom stereocenters. The molecule has 29 heavy (non-hydrogen) atoms. The first kappa shape index (κ1) is 19.5. The zero-order chi connectivity index (χ0) is 20.4. The number of anilines is 1. The van der Waals surface area contributed by atoms with E-state index < -0.39 is 0 Å².